The first kappa shape index (κ1) is 30.4. The number of rotatable bonds is 16. The van der Waals surface area contributed by atoms with Crippen molar-refractivity contribution in [3.63, 3.8) is 0 Å². The number of esters is 2. The van der Waals surface area contributed by atoms with Gasteiger partial charge in [0, 0.05) is 50.5 Å². The number of hydrogen-bond donors (Lipinski definition) is 2. The smallest absolute Gasteiger partial charge is 0.331 e. The molecule has 0 spiro atoms. The molecule has 0 aromatic heterocycles. The van der Waals surface area contributed by atoms with E-state index in [4.69, 9.17) is 29.2 Å². The fourth-order valence-electron chi connectivity index (χ4n) is 4.09. The third kappa shape index (κ3) is 13.9. The van der Waals surface area contributed by atoms with Gasteiger partial charge in [-0.25, -0.2) is 19.2 Å². The standard InChI is InChI=1S/C25H38N2O10/c28-22(29)6-8-24(32)36-14-4-1-2-10-26-12-16-34-20(18-26)21-19-27(13-17-35-21)11-3-5-15-37-25(33)9-7-23(30)31/h6-9,20-21H,1-5,10-19H2,(H,28,29)(H,30,31). The maximum absolute atomic E-state index is 11.4. The molecule has 2 aliphatic rings. The van der Waals surface area contributed by atoms with Crippen LogP contribution in [0.25, 0.3) is 0 Å². The minimum atomic E-state index is -1.19. The number of nitrogens with zero attached hydrogens (tertiary/aromatic N) is 2. The first-order valence-corrected chi connectivity index (χ1v) is 12.7. The number of carbonyl (C=O) groups is 4. The van der Waals surface area contributed by atoms with Crippen molar-refractivity contribution in [3.8, 4) is 0 Å². The molecule has 0 aromatic rings. The molecule has 2 heterocycles. The van der Waals surface area contributed by atoms with Crippen LogP contribution in [0.15, 0.2) is 24.3 Å². The minimum Gasteiger partial charge on any atom is -0.478 e. The van der Waals surface area contributed by atoms with Crippen molar-refractivity contribution in [3.05, 3.63) is 24.3 Å². The van der Waals surface area contributed by atoms with Crippen molar-refractivity contribution in [1.29, 1.82) is 0 Å². The molecule has 2 unspecified atom stereocenters. The molecule has 0 saturated carbocycles. The van der Waals surface area contributed by atoms with Gasteiger partial charge in [0.2, 0.25) is 0 Å². The van der Waals surface area contributed by atoms with Crippen molar-refractivity contribution in [2.45, 2.75) is 44.3 Å². The molecule has 0 amide bonds. The van der Waals surface area contributed by atoms with E-state index in [2.05, 4.69) is 9.80 Å². The molecule has 2 atom stereocenters. The lowest BCUT2D eigenvalue weighted by Crippen LogP contribution is -2.54. The van der Waals surface area contributed by atoms with Crippen LogP contribution in [0.1, 0.15) is 32.1 Å². The van der Waals surface area contributed by atoms with Crippen molar-refractivity contribution in [2.75, 3.05) is 65.7 Å². The lowest BCUT2D eigenvalue weighted by atomic mass is 10.1. The van der Waals surface area contributed by atoms with Gasteiger partial charge in [-0.2, -0.15) is 0 Å². The molecule has 208 valence electrons. The zero-order valence-corrected chi connectivity index (χ0v) is 21.1. The molecule has 0 bridgehead atoms. The summed E-state index contributed by atoms with van der Waals surface area (Å²) in [7, 11) is 0. The van der Waals surface area contributed by atoms with Crippen LogP contribution in [0, 0.1) is 0 Å². The van der Waals surface area contributed by atoms with Gasteiger partial charge in [0.15, 0.2) is 0 Å². The molecule has 2 fully saturated rings. The van der Waals surface area contributed by atoms with Crippen LogP contribution in [-0.2, 0) is 38.1 Å². The summed E-state index contributed by atoms with van der Waals surface area (Å²) in [5, 5.41) is 17.0. The molecule has 37 heavy (non-hydrogen) atoms. The second kappa shape index (κ2) is 17.6. The number of hydrogen-bond acceptors (Lipinski definition) is 10. The predicted molar refractivity (Wildman–Crippen MR) is 131 cm³/mol. The second-order valence-electron chi connectivity index (χ2n) is 8.87. The Kier molecular flexibility index (Phi) is 14.5. The topological polar surface area (TPSA) is 152 Å². The van der Waals surface area contributed by atoms with Crippen LogP contribution in [-0.4, -0.2) is 122 Å². The van der Waals surface area contributed by atoms with Gasteiger partial charge < -0.3 is 29.2 Å². The summed E-state index contributed by atoms with van der Waals surface area (Å²) in [4.78, 5) is 48.2. The maximum atomic E-state index is 11.4. The molecule has 2 aliphatic heterocycles. The van der Waals surface area contributed by atoms with E-state index in [1.54, 1.807) is 0 Å². The molecule has 0 radical (unpaired) electrons. The molecule has 2 rings (SSSR count). The van der Waals surface area contributed by atoms with E-state index in [-0.39, 0.29) is 25.4 Å². The fourth-order valence-corrected chi connectivity index (χ4v) is 4.09. The van der Waals surface area contributed by atoms with E-state index in [1.165, 1.54) is 0 Å². The highest BCUT2D eigenvalue weighted by Crippen LogP contribution is 2.17. The van der Waals surface area contributed by atoms with E-state index in [0.717, 1.165) is 89.3 Å². The van der Waals surface area contributed by atoms with Crippen LogP contribution in [0.2, 0.25) is 0 Å². The van der Waals surface area contributed by atoms with Gasteiger partial charge in [-0.15, -0.1) is 0 Å². The van der Waals surface area contributed by atoms with Crippen molar-refractivity contribution in [1.82, 2.24) is 9.80 Å². The van der Waals surface area contributed by atoms with Gasteiger partial charge in [0.05, 0.1) is 38.6 Å². The number of ether oxygens (including phenoxy) is 4. The van der Waals surface area contributed by atoms with E-state index in [9.17, 15) is 19.2 Å². The number of morpholine rings is 2. The van der Waals surface area contributed by atoms with Crippen molar-refractivity contribution >= 4 is 23.9 Å². The van der Waals surface area contributed by atoms with Gasteiger partial charge in [-0.05, 0) is 45.2 Å². The van der Waals surface area contributed by atoms with Gasteiger partial charge in [0.1, 0.15) is 0 Å². The number of carboxylic acid groups (broad SMARTS) is 2. The monoisotopic (exact) mass is 526 g/mol. The van der Waals surface area contributed by atoms with E-state index in [0.29, 0.717) is 19.6 Å². The van der Waals surface area contributed by atoms with Gasteiger partial charge in [0.25, 0.3) is 0 Å². The van der Waals surface area contributed by atoms with E-state index >= 15 is 0 Å². The Morgan fingerprint density at radius 2 is 1.11 bits per heavy atom. The minimum absolute atomic E-state index is 0.000467. The number of unbranched alkanes of at least 4 members (excludes halogenated alkanes) is 3. The highest BCUT2D eigenvalue weighted by Gasteiger charge is 2.32. The van der Waals surface area contributed by atoms with Crippen LogP contribution in [0.3, 0.4) is 0 Å². The Balaban J connectivity index is 1.57. The highest BCUT2D eigenvalue weighted by molar-refractivity contribution is 5.91. The fraction of sp³-hybridized carbons (Fsp3) is 0.680. The Labute approximate surface area is 216 Å². The summed E-state index contributed by atoms with van der Waals surface area (Å²) < 4.78 is 22.0. The third-order valence-electron chi connectivity index (χ3n) is 5.97. The summed E-state index contributed by atoms with van der Waals surface area (Å²) in [5.74, 6) is -3.66. The summed E-state index contributed by atoms with van der Waals surface area (Å²) in [6, 6.07) is 0. The third-order valence-corrected chi connectivity index (χ3v) is 5.97. The number of carboxylic acids is 2. The molecular weight excluding hydrogens is 488 g/mol. The SMILES string of the molecule is O=C(O)C=CC(=O)OCCCCCN1CCOC(C2CN(CCCCOC(=O)C=CC(=O)O)CCO2)C1. The van der Waals surface area contributed by atoms with Crippen LogP contribution in [0.5, 0.6) is 0 Å². The normalized spacial score (nSPS) is 21.3. The molecule has 0 aromatic carbocycles. The van der Waals surface area contributed by atoms with Crippen LogP contribution < -0.4 is 0 Å². The number of carbonyl (C=O) groups excluding carboxylic acids is 2. The maximum Gasteiger partial charge on any atom is 0.331 e. The summed E-state index contributed by atoms with van der Waals surface area (Å²) in [6.45, 7) is 6.87. The average Bonchev–Trinajstić information content (AvgIpc) is 2.88. The van der Waals surface area contributed by atoms with Crippen molar-refractivity contribution < 1.29 is 48.3 Å². The molecule has 2 saturated heterocycles. The summed E-state index contributed by atoms with van der Waals surface area (Å²) in [6.07, 6.45) is 7.46. The Morgan fingerprint density at radius 3 is 1.57 bits per heavy atom. The molecule has 2 N–H and O–H groups in total. The lowest BCUT2D eigenvalue weighted by molar-refractivity contribution is -0.140. The molecule has 12 nitrogen and oxygen atoms in total. The van der Waals surface area contributed by atoms with Gasteiger partial charge in [-0.1, -0.05) is 0 Å². The number of aliphatic carboxylic acids is 2. The van der Waals surface area contributed by atoms with Gasteiger partial charge in [-0.3, -0.25) is 9.80 Å². The zero-order valence-electron chi connectivity index (χ0n) is 21.1. The van der Waals surface area contributed by atoms with Crippen LogP contribution >= 0.6 is 0 Å². The molecule has 12 heteroatoms. The van der Waals surface area contributed by atoms with Crippen LogP contribution in [0.4, 0.5) is 0 Å². The quantitative estimate of drug-likeness (QED) is 0.165. The van der Waals surface area contributed by atoms with E-state index < -0.39 is 23.9 Å². The molecular formula is C25H38N2O10. The predicted octanol–water partition coefficient (Wildman–Crippen LogP) is 0.707. The Morgan fingerprint density at radius 1 is 0.676 bits per heavy atom. The Bertz CT molecular complexity index is 800. The van der Waals surface area contributed by atoms with E-state index in [1.807, 2.05) is 0 Å². The first-order chi connectivity index (χ1) is 17.8. The Hall–Kier alpha value is -2.80. The summed E-state index contributed by atoms with van der Waals surface area (Å²) >= 11 is 0. The highest BCUT2D eigenvalue weighted by atomic mass is 16.5. The summed E-state index contributed by atoms with van der Waals surface area (Å²) in [5.41, 5.74) is 0. The van der Waals surface area contributed by atoms with Gasteiger partial charge >= 0.3 is 23.9 Å². The zero-order chi connectivity index (χ0) is 26.9. The average molecular weight is 527 g/mol. The second-order valence-corrected chi connectivity index (χ2v) is 8.87. The first-order valence-electron chi connectivity index (χ1n) is 12.7. The molecule has 0 aliphatic carbocycles. The van der Waals surface area contributed by atoms with Crippen molar-refractivity contribution in [2.24, 2.45) is 0 Å². The largest absolute Gasteiger partial charge is 0.478 e. The lowest BCUT2D eigenvalue weighted by Gasteiger charge is -2.41.